The van der Waals surface area contributed by atoms with Crippen LogP contribution in [-0.4, -0.2) is 22.3 Å². The Morgan fingerprint density at radius 2 is 1.83 bits per heavy atom. The van der Waals surface area contributed by atoms with Gasteiger partial charge in [-0.05, 0) is 42.0 Å². The van der Waals surface area contributed by atoms with E-state index in [2.05, 4.69) is 20.8 Å². The van der Waals surface area contributed by atoms with Gasteiger partial charge in [0, 0.05) is 28.6 Å². The molecule has 3 rings (SSSR count). The fourth-order valence-corrected chi connectivity index (χ4v) is 3.44. The molecule has 3 aromatic rings. The molecule has 1 amide bonds. The van der Waals surface area contributed by atoms with Gasteiger partial charge < -0.3 is 16.0 Å². The number of anilines is 3. The summed E-state index contributed by atoms with van der Waals surface area (Å²) in [6.07, 6.45) is 1.26. The molecule has 0 radical (unpaired) electrons. The van der Waals surface area contributed by atoms with Crippen molar-refractivity contribution in [2.45, 2.75) is 33.1 Å². The van der Waals surface area contributed by atoms with Gasteiger partial charge in [-0.25, -0.2) is 4.39 Å². The van der Waals surface area contributed by atoms with Gasteiger partial charge in [-0.3, -0.25) is 4.79 Å². The Morgan fingerprint density at radius 3 is 2.43 bits per heavy atom. The Labute approximate surface area is 179 Å². The maximum Gasteiger partial charge on any atom is 0.232 e. The smallest absolute Gasteiger partial charge is 0.232 e. The van der Waals surface area contributed by atoms with Crippen molar-refractivity contribution in [3.63, 3.8) is 0 Å². The van der Waals surface area contributed by atoms with Gasteiger partial charge in [0.15, 0.2) is 0 Å². The lowest BCUT2D eigenvalue weighted by Gasteiger charge is -2.40. The van der Waals surface area contributed by atoms with E-state index < -0.39 is 10.8 Å². The van der Waals surface area contributed by atoms with E-state index in [4.69, 9.17) is 5.41 Å². The molecule has 8 heteroatoms. The molecule has 0 aliphatic rings. The minimum atomic E-state index is -0.774. The third-order valence-corrected chi connectivity index (χ3v) is 6.37. The SMILES string of the molecule is CC(C)(C(=O)Nc1nncs1)C(C)(C)c1ccc(Nc2ccc(F)cc2)c(C=N)c1. The zero-order valence-electron chi connectivity index (χ0n) is 17.3. The summed E-state index contributed by atoms with van der Waals surface area (Å²) in [4.78, 5) is 13.0. The number of nitrogens with zero attached hydrogens (tertiary/aromatic N) is 2. The summed E-state index contributed by atoms with van der Waals surface area (Å²) in [6.45, 7) is 7.78. The van der Waals surface area contributed by atoms with Crippen molar-refractivity contribution in [2.75, 3.05) is 10.6 Å². The van der Waals surface area contributed by atoms with Gasteiger partial charge in [0.05, 0.1) is 5.41 Å². The molecular formula is C22H24FN5OS. The molecule has 0 saturated heterocycles. The number of nitrogens with one attached hydrogen (secondary N) is 3. The Bertz CT molecular complexity index is 1050. The summed E-state index contributed by atoms with van der Waals surface area (Å²) in [5, 5.41) is 22.0. The average molecular weight is 426 g/mol. The molecular weight excluding hydrogens is 401 g/mol. The van der Waals surface area contributed by atoms with E-state index in [9.17, 15) is 9.18 Å². The lowest BCUT2D eigenvalue weighted by molar-refractivity contribution is -0.127. The van der Waals surface area contributed by atoms with Crippen molar-refractivity contribution >= 4 is 40.0 Å². The van der Waals surface area contributed by atoms with Crippen molar-refractivity contribution in [3.8, 4) is 0 Å². The van der Waals surface area contributed by atoms with Crippen LogP contribution in [-0.2, 0) is 10.2 Å². The van der Waals surface area contributed by atoms with E-state index in [1.165, 1.54) is 29.7 Å². The highest BCUT2D eigenvalue weighted by atomic mass is 32.1. The number of halogens is 1. The first-order chi connectivity index (χ1) is 14.1. The molecule has 0 saturated carbocycles. The third kappa shape index (κ3) is 4.23. The molecule has 156 valence electrons. The van der Waals surface area contributed by atoms with Crippen molar-refractivity contribution in [1.29, 1.82) is 5.41 Å². The molecule has 30 heavy (non-hydrogen) atoms. The Hall–Kier alpha value is -3.13. The summed E-state index contributed by atoms with van der Waals surface area (Å²) in [7, 11) is 0. The first-order valence-corrected chi connectivity index (χ1v) is 10.3. The van der Waals surface area contributed by atoms with Crippen molar-refractivity contribution in [1.82, 2.24) is 10.2 Å². The lowest BCUT2D eigenvalue weighted by atomic mass is 9.63. The number of rotatable bonds is 7. The van der Waals surface area contributed by atoms with E-state index in [0.29, 0.717) is 10.7 Å². The van der Waals surface area contributed by atoms with Crippen LogP contribution in [0.5, 0.6) is 0 Å². The van der Waals surface area contributed by atoms with Crippen LogP contribution < -0.4 is 10.6 Å². The van der Waals surface area contributed by atoms with E-state index in [1.54, 1.807) is 17.6 Å². The third-order valence-electron chi connectivity index (χ3n) is 5.76. The maximum atomic E-state index is 13.1. The van der Waals surface area contributed by atoms with Gasteiger partial charge in [-0.2, -0.15) is 0 Å². The molecule has 0 fully saturated rings. The van der Waals surface area contributed by atoms with Gasteiger partial charge in [0.25, 0.3) is 0 Å². The molecule has 0 aliphatic heterocycles. The van der Waals surface area contributed by atoms with Crippen LogP contribution in [0.25, 0.3) is 0 Å². The molecule has 2 aromatic carbocycles. The van der Waals surface area contributed by atoms with Crippen LogP contribution in [0.15, 0.2) is 48.0 Å². The number of carbonyl (C=O) groups is 1. The van der Waals surface area contributed by atoms with E-state index >= 15 is 0 Å². The summed E-state index contributed by atoms with van der Waals surface area (Å²) in [5.74, 6) is -0.465. The number of hydrogen-bond donors (Lipinski definition) is 3. The predicted molar refractivity (Wildman–Crippen MR) is 119 cm³/mol. The lowest BCUT2D eigenvalue weighted by Crippen LogP contribution is -2.46. The Kier molecular flexibility index (Phi) is 5.98. The minimum Gasteiger partial charge on any atom is -0.355 e. The van der Waals surface area contributed by atoms with Gasteiger partial charge in [0.1, 0.15) is 11.3 Å². The van der Waals surface area contributed by atoms with Crippen molar-refractivity contribution in [2.24, 2.45) is 5.41 Å². The Morgan fingerprint density at radius 1 is 1.13 bits per heavy atom. The highest BCUT2D eigenvalue weighted by molar-refractivity contribution is 7.13. The Balaban J connectivity index is 1.88. The number of benzene rings is 2. The fourth-order valence-electron chi connectivity index (χ4n) is 3.00. The fraction of sp³-hybridized carbons (Fsp3) is 0.273. The second kappa shape index (κ2) is 8.31. The summed E-state index contributed by atoms with van der Waals surface area (Å²) >= 11 is 1.27. The highest BCUT2D eigenvalue weighted by Crippen LogP contribution is 2.43. The maximum absolute atomic E-state index is 13.1. The second-order valence-corrected chi connectivity index (χ2v) is 8.86. The van der Waals surface area contributed by atoms with Crippen molar-refractivity contribution < 1.29 is 9.18 Å². The number of aromatic nitrogens is 2. The molecule has 0 spiro atoms. The van der Waals surface area contributed by atoms with Crippen LogP contribution in [0.3, 0.4) is 0 Å². The molecule has 0 atom stereocenters. The molecule has 6 nitrogen and oxygen atoms in total. The summed E-state index contributed by atoms with van der Waals surface area (Å²) < 4.78 is 13.1. The van der Waals surface area contributed by atoms with Crippen LogP contribution in [0.1, 0.15) is 38.8 Å². The second-order valence-electron chi connectivity index (χ2n) is 8.03. The van der Waals surface area contributed by atoms with E-state index in [1.807, 2.05) is 45.9 Å². The zero-order valence-corrected chi connectivity index (χ0v) is 18.1. The number of carbonyl (C=O) groups excluding carboxylic acids is 1. The normalized spacial score (nSPS) is 11.8. The zero-order chi connectivity index (χ0) is 21.9. The van der Waals surface area contributed by atoms with E-state index in [0.717, 1.165) is 16.9 Å². The topological polar surface area (TPSA) is 90.8 Å². The van der Waals surface area contributed by atoms with Crippen molar-refractivity contribution in [3.05, 3.63) is 64.9 Å². The van der Waals surface area contributed by atoms with E-state index in [-0.39, 0.29) is 11.7 Å². The average Bonchev–Trinajstić information content (AvgIpc) is 3.22. The minimum absolute atomic E-state index is 0.158. The first kappa shape index (κ1) is 21.6. The van der Waals surface area contributed by atoms with Gasteiger partial charge in [-0.1, -0.05) is 45.1 Å². The van der Waals surface area contributed by atoms with Gasteiger partial charge in [0.2, 0.25) is 11.0 Å². The first-order valence-electron chi connectivity index (χ1n) is 9.40. The monoisotopic (exact) mass is 425 g/mol. The van der Waals surface area contributed by atoms with Crippen LogP contribution in [0.2, 0.25) is 0 Å². The molecule has 0 aliphatic carbocycles. The number of hydrogen-bond acceptors (Lipinski definition) is 6. The summed E-state index contributed by atoms with van der Waals surface area (Å²) in [5.41, 5.74) is 3.29. The highest BCUT2D eigenvalue weighted by Gasteiger charge is 2.44. The molecule has 1 aromatic heterocycles. The quantitative estimate of drug-likeness (QED) is 0.444. The van der Waals surface area contributed by atoms with Crippen LogP contribution >= 0.6 is 11.3 Å². The van der Waals surface area contributed by atoms with Crippen LogP contribution in [0.4, 0.5) is 20.9 Å². The van der Waals surface area contributed by atoms with Crippen LogP contribution in [0, 0.1) is 16.6 Å². The van der Waals surface area contributed by atoms with Gasteiger partial charge in [-0.15, -0.1) is 10.2 Å². The van der Waals surface area contributed by atoms with Gasteiger partial charge >= 0.3 is 0 Å². The summed E-state index contributed by atoms with van der Waals surface area (Å²) in [6, 6.07) is 11.8. The largest absolute Gasteiger partial charge is 0.355 e. The number of amides is 1. The predicted octanol–water partition coefficient (Wildman–Crippen LogP) is 5.36. The standard InChI is InChI=1S/C22H24FN5OS/c1-21(2,22(3,4)19(29)27-20-28-25-13-30-20)15-5-10-18(14(11-15)12-24)26-17-8-6-16(23)7-9-17/h5-13,24,26H,1-4H3,(H,27,28,29). The molecule has 0 bridgehead atoms. The molecule has 0 unspecified atom stereocenters. The molecule has 3 N–H and O–H groups in total. The molecule has 1 heterocycles.